The Balaban J connectivity index is 1.41. The molecule has 1 heterocycles. The van der Waals surface area contributed by atoms with Gasteiger partial charge >= 0.3 is 0 Å². The average molecular weight is 459 g/mol. The van der Waals surface area contributed by atoms with Crippen LogP contribution in [0.4, 0.5) is 0 Å². The van der Waals surface area contributed by atoms with E-state index in [-0.39, 0.29) is 11.2 Å². The zero-order valence-corrected chi connectivity index (χ0v) is 20.7. The number of ether oxygens (including phenoxy) is 4. The molecule has 3 saturated carbocycles. The third kappa shape index (κ3) is 3.53. The van der Waals surface area contributed by atoms with Crippen LogP contribution in [0.15, 0.2) is 36.0 Å². The lowest BCUT2D eigenvalue weighted by molar-refractivity contribution is -0.176. The molecule has 1 saturated heterocycles. The molecule has 0 radical (unpaired) electrons. The molecule has 5 heteroatoms. The van der Waals surface area contributed by atoms with Gasteiger partial charge in [0.05, 0.1) is 18.8 Å². The molecule has 5 aliphatic rings. The fourth-order valence-corrected chi connectivity index (χ4v) is 8.31. The first-order valence-electron chi connectivity index (χ1n) is 13.1. The van der Waals surface area contributed by atoms with Gasteiger partial charge in [0.1, 0.15) is 0 Å². The Hall–Kier alpha value is -0.980. The number of rotatable bonds is 6. The Bertz CT molecular complexity index is 820. The van der Waals surface area contributed by atoms with Gasteiger partial charge in [-0.2, -0.15) is 0 Å². The maximum atomic E-state index is 12.2. The van der Waals surface area contributed by atoms with E-state index in [4.69, 9.17) is 18.9 Å². The SMILES string of the molecule is C=C1C[C@@]2(C)[C@@H](CC[C@]2(O)C(=C)C(OCC)OCC)[C@@H]2CC=C3CC4(CC[C@@H]3[C@@H]12)OCCO4. The Labute approximate surface area is 199 Å². The molecule has 184 valence electrons. The first-order valence-corrected chi connectivity index (χ1v) is 13.1. The van der Waals surface area contributed by atoms with E-state index in [0.717, 1.165) is 38.5 Å². The quantitative estimate of drug-likeness (QED) is 0.440. The second-order valence-corrected chi connectivity index (χ2v) is 11.2. The summed E-state index contributed by atoms with van der Waals surface area (Å²) in [5, 5.41) is 12.2. The van der Waals surface area contributed by atoms with E-state index in [2.05, 4.69) is 26.2 Å². The highest BCUT2D eigenvalue weighted by Crippen LogP contribution is 2.67. The summed E-state index contributed by atoms with van der Waals surface area (Å²) in [5.74, 6) is 1.61. The minimum atomic E-state index is -1.01. The molecule has 5 rings (SSSR count). The zero-order valence-electron chi connectivity index (χ0n) is 20.7. The van der Waals surface area contributed by atoms with Crippen LogP contribution in [0, 0.1) is 29.1 Å². The predicted octanol–water partition coefficient (Wildman–Crippen LogP) is 5.15. The molecule has 1 N–H and O–H groups in total. The molecule has 1 spiro atoms. The minimum Gasteiger partial charge on any atom is -0.385 e. The van der Waals surface area contributed by atoms with Gasteiger partial charge in [-0.3, -0.25) is 0 Å². The highest BCUT2D eigenvalue weighted by Gasteiger charge is 2.65. The van der Waals surface area contributed by atoms with Crippen molar-refractivity contribution in [3.8, 4) is 0 Å². The normalized spacial score (nSPS) is 41.6. The maximum absolute atomic E-state index is 12.2. The Kier molecular flexibility index (Phi) is 6.19. The summed E-state index contributed by atoms with van der Waals surface area (Å²) in [7, 11) is 0. The van der Waals surface area contributed by atoms with Crippen molar-refractivity contribution in [3.05, 3.63) is 36.0 Å². The van der Waals surface area contributed by atoms with Gasteiger partial charge in [-0.05, 0) is 69.6 Å². The Morgan fingerprint density at radius 3 is 2.52 bits per heavy atom. The second-order valence-electron chi connectivity index (χ2n) is 11.2. The van der Waals surface area contributed by atoms with Crippen LogP contribution < -0.4 is 0 Å². The molecule has 5 nitrogen and oxygen atoms in total. The maximum Gasteiger partial charge on any atom is 0.182 e. The number of hydrogen-bond acceptors (Lipinski definition) is 5. The van der Waals surface area contributed by atoms with Crippen molar-refractivity contribution in [2.75, 3.05) is 26.4 Å². The first kappa shape index (κ1) is 23.7. The zero-order chi connectivity index (χ0) is 23.4. The van der Waals surface area contributed by atoms with Crippen LogP contribution >= 0.6 is 0 Å². The molecule has 33 heavy (non-hydrogen) atoms. The topological polar surface area (TPSA) is 57.2 Å². The van der Waals surface area contributed by atoms with Crippen LogP contribution in [0.2, 0.25) is 0 Å². The molecule has 0 unspecified atom stereocenters. The molecule has 6 atom stereocenters. The highest BCUT2D eigenvalue weighted by molar-refractivity contribution is 5.34. The van der Waals surface area contributed by atoms with E-state index in [9.17, 15) is 5.11 Å². The molecule has 0 aromatic rings. The van der Waals surface area contributed by atoms with Gasteiger partial charge in [0.2, 0.25) is 0 Å². The van der Waals surface area contributed by atoms with Crippen LogP contribution in [0.5, 0.6) is 0 Å². The Morgan fingerprint density at radius 2 is 1.85 bits per heavy atom. The van der Waals surface area contributed by atoms with Crippen LogP contribution in [0.25, 0.3) is 0 Å². The van der Waals surface area contributed by atoms with Crippen molar-refractivity contribution in [3.63, 3.8) is 0 Å². The summed E-state index contributed by atoms with van der Waals surface area (Å²) in [4.78, 5) is 0. The summed E-state index contributed by atoms with van der Waals surface area (Å²) in [5.41, 5.74) is 2.20. The molecule has 1 aliphatic heterocycles. The molecular weight excluding hydrogens is 416 g/mol. The highest BCUT2D eigenvalue weighted by atomic mass is 16.7. The molecule has 0 aromatic heterocycles. The summed E-state index contributed by atoms with van der Waals surface area (Å²) in [6.45, 7) is 17.6. The van der Waals surface area contributed by atoms with E-state index in [1.165, 1.54) is 11.1 Å². The monoisotopic (exact) mass is 458 g/mol. The van der Waals surface area contributed by atoms with Gasteiger partial charge in [0, 0.05) is 37.0 Å². The van der Waals surface area contributed by atoms with Crippen LogP contribution in [-0.2, 0) is 18.9 Å². The van der Waals surface area contributed by atoms with Gasteiger partial charge in [-0.25, -0.2) is 0 Å². The van der Waals surface area contributed by atoms with Crippen molar-refractivity contribution in [1.82, 2.24) is 0 Å². The van der Waals surface area contributed by atoms with Gasteiger partial charge in [-0.1, -0.05) is 37.3 Å². The van der Waals surface area contributed by atoms with E-state index >= 15 is 0 Å². The number of fused-ring (bicyclic) bond motifs is 5. The Morgan fingerprint density at radius 1 is 1.15 bits per heavy atom. The second kappa shape index (κ2) is 8.60. The summed E-state index contributed by atoms with van der Waals surface area (Å²) in [6.07, 6.45) is 8.50. The smallest absolute Gasteiger partial charge is 0.182 e. The van der Waals surface area contributed by atoms with Crippen molar-refractivity contribution >= 4 is 0 Å². The van der Waals surface area contributed by atoms with Gasteiger partial charge in [0.25, 0.3) is 0 Å². The van der Waals surface area contributed by atoms with Crippen molar-refractivity contribution in [1.29, 1.82) is 0 Å². The van der Waals surface area contributed by atoms with Crippen LogP contribution in [0.3, 0.4) is 0 Å². The lowest BCUT2D eigenvalue weighted by atomic mass is 9.49. The third-order valence-electron chi connectivity index (χ3n) is 9.76. The van der Waals surface area contributed by atoms with Crippen molar-refractivity contribution in [2.24, 2.45) is 29.1 Å². The largest absolute Gasteiger partial charge is 0.385 e. The summed E-state index contributed by atoms with van der Waals surface area (Å²) in [6, 6.07) is 0. The minimum absolute atomic E-state index is 0.298. The van der Waals surface area contributed by atoms with E-state index in [0.29, 0.717) is 62.1 Å². The van der Waals surface area contributed by atoms with E-state index < -0.39 is 11.9 Å². The fraction of sp³-hybridized carbons (Fsp3) is 0.786. The lowest BCUT2D eigenvalue weighted by Crippen LogP contribution is -2.55. The van der Waals surface area contributed by atoms with E-state index in [1.54, 1.807) is 0 Å². The van der Waals surface area contributed by atoms with E-state index in [1.807, 2.05) is 13.8 Å². The standard InChI is InChI=1S/C28H42O5/c1-6-30-25(31-7-2)19(4)28(29)13-11-23-22-9-8-20-17-27(32-14-15-33-27)12-10-21(20)24(22)18(3)16-26(23,28)5/h8,21-25,29H,3-4,6-7,9-17H2,1-2,5H3/t21-,22-,23-,24+,26-,28-/m0/s1. The van der Waals surface area contributed by atoms with Gasteiger partial charge in [0.15, 0.2) is 12.1 Å². The molecule has 0 amide bonds. The first-order chi connectivity index (χ1) is 15.8. The van der Waals surface area contributed by atoms with Crippen molar-refractivity contribution in [2.45, 2.75) is 83.4 Å². The van der Waals surface area contributed by atoms with Gasteiger partial charge in [-0.15, -0.1) is 0 Å². The summed E-state index contributed by atoms with van der Waals surface area (Å²) >= 11 is 0. The van der Waals surface area contributed by atoms with Crippen LogP contribution in [-0.4, -0.2) is 49.2 Å². The average Bonchev–Trinajstić information content (AvgIpc) is 3.35. The predicted molar refractivity (Wildman–Crippen MR) is 127 cm³/mol. The van der Waals surface area contributed by atoms with Gasteiger partial charge < -0.3 is 24.1 Å². The molecule has 4 fully saturated rings. The third-order valence-corrected chi connectivity index (χ3v) is 9.76. The molecular formula is C28H42O5. The number of hydrogen-bond donors (Lipinski definition) is 1. The number of aliphatic hydroxyl groups is 1. The van der Waals surface area contributed by atoms with Crippen LogP contribution in [0.1, 0.15) is 65.7 Å². The molecule has 0 bridgehead atoms. The lowest BCUT2D eigenvalue weighted by Gasteiger charge is -2.57. The fourth-order valence-electron chi connectivity index (χ4n) is 8.31. The molecule has 0 aromatic carbocycles. The summed E-state index contributed by atoms with van der Waals surface area (Å²) < 4.78 is 23.8. The van der Waals surface area contributed by atoms with Crippen molar-refractivity contribution < 1.29 is 24.1 Å². The number of allylic oxidation sites excluding steroid dienone is 2. The molecule has 4 aliphatic carbocycles.